The van der Waals surface area contributed by atoms with E-state index < -0.39 is 6.10 Å². The zero-order valence-corrected chi connectivity index (χ0v) is 52.6. The van der Waals surface area contributed by atoms with Crippen LogP contribution in [0.15, 0.2) is 109 Å². The summed E-state index contributed by atoms with van der Waals surface area (Å²) < 4.78 is 17.0. The van der Waals surface area contributed by atoms with E-state index in [9.17, 15) is 14.4 Å². The van der Waals surface area contributed by atoms with Crippen molar-refractivity contribution in [2.75, 3.05) is 13.2 Å². The minimum atomic E-state index is -0.793. The number of allylic oxidation sites excluding steroid dienone is 18. The van der Waals surface area contributed by atoms with Crippen molar-refractivity contribution in [3.8, 4) is 0 Å². The van der Waals surface area contributed by atoms with Gasteiger partial charge in [-0.15, -0.1) is 0 Å². The van der Waals surface area contributed by atoms with Gasteiger partial charge in [-0.1, -0.05) is 284 Å². The van der Waals surface area contributed by atoms with Crippen LogP contribution >= 0.6 is 0 Å². The summed E-state index contributed by atoms with van der Waals surface area (Å²) in [6, 6.07) is 0. The molecule has 0 rings (SSSR count). The Bertz CT molecular complexity index is 1610. The molecule has 0 fully saturated rings. The molecule has 0 aliphatic rings. The predicted octanol–water partition coefficient (Wildman–Crippen LogP) is 23.4. The van der Waals surface area contributed by atoms with Crippen molar-refractivity contribution in [1.29, 1.82) is 0 Å². The molecule has 80 heavy (non-hydrogen) atoms. The van der Waals surface area contributed by atoms with E-state index in [0.717, 1.165) is 122 Å². The van der Waals surface area contributed by atoms with Crippen molar-refractivity contribution in [3.63, 3.8) is 0 Å². The largest absolute Gasteiger partial charge is 0.462 e. The van der Waals surface area contributed by atoms with Gasteiger partial charge in [0.2, 0.25) is 0 Å². The number of rotatable bonds is 61. The molecular formula is C74H126O6. The third-order valence-corrected chi connectivity index (χ3v) is 14.5. The number of hydrogen-bond donors (Lipinski definition) is 0. The van der Waals surface area contributed by atoms with Gasteiger partial charge in [-0.25, -0.2) is 0 Å². The molecule has 0 N–H and O–H groups in total. The fourth-order valence-corrected chi connectivity index (χ4v) is 9.41. The van der Waals surface area contributed by atoms with Gasteiger partial charge in [-0.05, 0) is 128 Å². The molecule has 0 aliphatic carbocycles. The number of esters is 3. The Kier molecular flexibility index (Phi) is 64.3. The summed E-state index contributed by atoms with van der Waals surface area (Å²) >= 11 is 0. The molecule has 0 saturated heterocycles. The van der Waals surface area contributed by atoms with Crippen LogP contribution in [0, 0.1) is 0 Å². The molecule has 0 aromatic heterocycles. The van der Waals surface area contributed by atoms with Crippen molar-refractivity contribution in [2.45, 2.75) is 329 Å². The van der Waals surface area contributed by atoms with Crippen LogP contribution < -0.4 is 0 Å². The van der Waals surface area contributed by atoms with Crippen LogP contribution in [0.3, 0.4) is 0 Å². The predicted molar refractivity (Wildman–Crippen MR) is 348 cm³/mol. The average molecular weight is 1110 g/mol. The molecule has 6 heteroatoms. The van der Waals surface area contributed by atoms with E-state index in [1.807, 2.05) is 0 Å². The molecule has 0 saturated carbocycles. The van der Waals surface area contributed by atoms with E-state index in [1.54, 1.807) is 0 Å². The van der Waals surface area contributed by atoms with Gasteiger partial charge in [0.25, 0.3) is 0 Å². The fourth-order valence-electron chi connectivity index (χ4n) is 9.41. The Morgan fingerprint density at radius 3 is 0.800 bits per heavy atom. The van der Waals surface area contributed by atoms with E-state index in [0.29, 0.717) is 19.3 Å². The van der Waals surface area contributed by atoms with Crippen molar-refractivity contribution < 1.29 is 28.6 Å². The lowest BCUT2D eigenvalue weighted by atomic mass is 10.0. The van der Waals surface area contributed by atoms with Gasteiger partial charge >= 0.3 is 17.9 Å². The molecule has 0 spiro atoms. The SMILES string of the molecule is CC/C=C\C/C=C\C/C=C\C/C=C\C/C=C\CCCCCCCCCCCCCC(=O)OCC(COC(=O)CCCCCCC/C=C\CCCCCCCCC)OC(=O)CCCCCCCC/C=C\C/C=C\C/C=C\CCCCC. The molecule has 0 bridgehead atoms. The van der Waals surface area contributed by atoms with Gasteiger partial charge < -0.3 is 14.2 Å². The number of carbonyl (C=O) groups is 3. The van der Waals surface area contributed by atoms with E-state index in [1.165, 1.54) is 161 Å². The highest BCUT2D eigenvalue weighted by molar-refractivity contribution is 5.71. The maximum Gasteiger partial charge on any atom is 0.306 e. The summed E-state index contributed by atoms with van der Waals surface area (Å²) in [4.78, 5) is 38.4. The molecule has 6 nitrogen and oxygen atoms in total. The molecule has 0 radical (unpaired) electrons. The number of ether oxygens (including phenoxy) is 3. The van der Waals surface area contributed by atoms with E-state index in [2.05, 4.69) is 130 Å². The molecule has 1 unspecified atom stereocenters. The third-order valence-electron chi connectivity index (χ3n) is 14.5. The summed E-state index contributed by atoms with van der Waals surface area (Å²) in [6.07, 6.45) is 92.4. The molecular weight excluding hydrogens is 985 g/mol. The Morgan fingerprint density at radius 2 is 0.487 bits per heavy atom. The second-order valence-electron chi connectivity index (χ2n) is 22.3. The molecule has 1 atom stereocenters. The smallest absolute Gasteiger partial charge is 0.306 e. The second-order valence-corrected chi connectivity index (χ2v) is 22.3. The maximum atomic E-state index is 12.9. The van der Waals surface area contributed by atoms with Gasteiger partial charge in [-0.3, -0.25) is 14.4 Å². The highest BCUT2D eigenvalue weighted by Crippen LogP contribution is 2.16. The Hall–Kier alpha value is -3.93. The Balaban J connectivity index is 4.37. The summed E-state index contributed by atoms with van der Waals surface area (Å²) in [5.41, 5.74) is 0. The minimum absolute atomic E-state index is 0.0873. The van der Waals surface area contributed by atoms with Crippen molar-refractivity contribution in [3.05, 3.63) is 109 Å². The van der Waals surface area contributed by atoms with Crippen molar-refractivity contribution >= 4 is 17.9 Å². The normalized spacial score (nSPS) is 12.8. The first-order valence-corrected chi connectivity index (χ1v) is 33.9. The number of carbonyl (C=O) groups excluding carboxylic acids is 3. The van der Waals surface area contributed by atoms with E-state index in [4.69, 9.17) is 14.2 Å². The zero-order chi connectivity index (χ0) is 57.8. The van der Waals surface area contributed by atoms with Crippen LogP contribution in [-0.2, 0) is 28.6 Å². The first kappa shape index (κ1) is 76.1. The summed E-state index contributed by atoms with van der Waals surface area (Å²) in [5.74, 6) is -0.900. The summed E-state index contributed by atoms with van der Waals surface area (Å²) in [7, 11) is 0. The van der Waals surface area contributed by atoms with Gasteiger partial charge in [0, 0.05) is 19.3 Å². The average Bonchev–Trinajstić information content (AvgIpc) is 3.46. The van der Waals surface area contributed by atoms with Gasteiger partial charge in [0.15, 0.2) is 6.10 Å². The van der Waals surface area contributed by atoms with Gasteiger partial charge in [0.05, 0.1) is 0 Å². The molecule has 0 amide bonds. The van der Waals surface area contributed by atoms with E-state index >= 15 is 0 Å². The van der Waals surface area contributed by atoms with Gasteiger partial charge in [0.1, 0.15) is 13.2 Å². The Morgan fingerprint density at radius 1 is 0.263 bits per heavy atom. The third kappa shape index (κ3) is 64.9. The standard InChI is InChI=1S/C74H126O6/c1-4-7-10-13-16-19-22-25-28-31-33-34-35-36-37-38-39-40-42-43-46-49-52-55-58-61-64-67-73(76)79-70-71(69-78-72(75)66-63-60-57-54-51-48-45-30-27-24-21-18-15-12-9-6-3)80-74(77)68-65-62-59-56-53-50-47-44-41-32-29-26-23-20-17-14-11-8-5-2/h7,10,16-17,19-20,25-26,28-30,33-34,36-37,41,44-45,71H,4-6,8-9,11-15,18,21-24,27,31-32,35,38-40,42-43,46-70H2,1-3H3/b10-7-,19-16-,20-17-,28-25-,29-26-,34-33-,37-36-,44-41-,45-30-. The lowest BCUT2D eigenvalue weighted by Crippen LogP contribution is -2.30. The van der Waals surface area contributed by atoms with Crippen LogP contribution in [0.5, 0.6) is 0 Å². The van der Waals surface area contributed by atoms with Crippen LogP contribution in [0.2, 0.25) is 0 Å². The monoisotopic (exact) mass is 1110 g/mol. The van der Waals surface area contributed by atoms with Crippen LogP contribution in [0.1, 0.15) is 323 Å². The first-order valence-electron chi connectivity index (χ1n) is 33.9. The number of unbranched alkanes of at least 4 members (excludes halogenated alkanes) is 32. The van der Waals surface area contributed by atoms with Crippen LogP contribution in [0.25, 0.3) is 0 Å². The van der Waals surface area contributed by atoms with Crippen molar-refractivity contribution in [2.24, 2.45) is 0 Å². The minimum Gasteiger partial charge on any atom is -0.462 e. The lowest BCUT2D eigenvalue weighted by molar-refractivity contribution is -0.167. The van der Waals surface area contributed by atoms with Crippen LogP contribution in [-0.4, -0.2) is 37.2 Å². The molecule has 458 valence electrons. The Labute approximate surface area is 495 Å². The number of hydrogen-bond acceptors (Lipinski definition) is 6. The van der Waals surface area contributed by atoms with E-state index in [-0.39, 0.29) is 31.1 Å². The van der Waals surface area contributed by atoms with Gasteiger partial charge in [-0.2, -0.15) is 0 Å². The molecule has 0 aliphatic heterocycles. The highest BCUT2D eigenvalue weighted by atomic mass is 16.6. The summed E-state index contributed by atoms with van der Waals surface area (Å²) in [6.45, 7) is 6.51. The van der Waals surface area contributed by atoms with Crippen molar-refractivity contribution in [1.82, 2.24) is 0 Å². The maximum absolute atomic E-state index is 12.9. The fraction of sp³-hybridized carbons (Fsp3) is 0.716. The zero-order valence-electron chi connectivity index (χ0n) is 52.6. The second kappa shape index (κ2) is 67.6. The topological polar surface area (TPSA) is 78.9 Å². The quantitative estimate of drug-likeness (QED) is 0.0261. The summed E-state index contributed by atoms with van der Waals surface area (Å²) in [5, 5.41) is 0. The lowest BCUT2D eigenvalue weighted by Gasteiger charge is -2.18. The molecule has 0 aromatic carbocycles. The first-order chi connectivity index (χ1) is 39.5. The van der Waals surface area contributed by atoms with Crippen LogP contribution in [0.4, 0.5) is 0 Å². The highest BCUT2D eigenvalue weighted by Gasteiger charge is 2.19. The molecule has 0 aromatic rings. The molecule has 0 heterocycles.